The van der Waals surface area contributed by atoms with Crippen molar-refractivity contribution in [2.24, 2.45) is 11.3 Å². The van der Waals surface area contributed by atoms with E-state index in [1.54, 1.807) is 11.0 Å². The number of hydrogen-bond acceptors (Lipinski definition) is 12. The number of anilines is 1. The van der Waals surface area contributed by atoms with Gasteiger partial charge in [-0.15, -0.1) is 0 Å². The highest BCUT2D eigenvalue weighted by molar-refractivity contribution is 6.03. The highest BCUT2D eigenvalue weighted by atomic mass is 19.1. The van der Waals surface area contributed by atoms with Crippen molar-refractivity contribution in [3.63, 3.8) is 0 Å². The highest BCUT2D eigenvalue weighted by Crippen LogP contribution is 2.49. The van der Waals surface area contributed by atoms with E-state index in [2.05, 4.69) is 9.88 Å². The van der Waals surface area contributed by atoms with E-state index in [9.17, 15) is 15.3 Å². The monoisotopic (exact) mass is 763 g/mol. The molecule has 55 heavy (non-hydrogen) atoms. The molecular weight excluding hydrogens is 712 g/mol. The molecule has 2 aromatic heterocycles. The molecule has 296 valence electrons. The molecule has 5 heterocycles. The van der Waals surface area contributed by atoms with Gasteiger partial charge in [-0.2, -0.15) is 9.97 Å². The van der Waals surface area contributed by atoms with Crippen LogP contribution in [0.1, 0.15) is 57.4 Å². The van der Waals surface area contributed by atoms with Crippen molar-refractivity contribution in [3.8, 4) is 28.9 Å². The van der Waals surface area contributed by atoms with Crippen LogP contribution in [0.25, 0.3) is 32.9 Å². The quantitative estimate of drug-likeness (QED) is 0.191. The first-order chi connectivity index (χ1) is 26.7. The van der Waals surface area contributed by atoms with E-state index < -0.39 is 23.8 Å². The number of halogens is 2. The molecule has 1 saturated carbocycles. The van der Waals surface area contributed by atoms with E-state index in [0.717, 1.165) is 71.2 Å². The first kappa shape index (κ1) is 37.9. The fraction of sp³-hybridized carbons (Fsp3) is 0.585. The van der Waals surface area contributed by atoms with Crippen LogP contribution >= 0.6 is 0 Å². The maximum absolute atomic E-state index is 17.4. The number of aryl methyl sites for hydroxylation is 1. The molecule has 14 heteroatoms. The van der Waals surface area contributed by atoms with Gasteiger partial charge in [-0.25, -0.2) is 13.8 Å². The standard InChI is InChI=1S/C41H51F2N5O7/c1-3-29-31(42)8-7-25-16-26(50)17-30(33(25)29)36-35(43)37-34(39(44-36)52-2)38(48-19-27(51)22-54-28(20-48)21-49)46-40(45-37)55-23-41-11-4-6-32(41)47(13-5-12-41)18-24-9-14-53-15-10-24/h7-8,16-17,24,27-28,32,49-51H,3-6,9-15,18-23H2,1-2H3/t27?,28-,32?,41?/m1/s1. The van der Waals surface area contributed by atoms with Gasteiger partial charge in [0.1, 0.15) is 34.0 Å². The summed E-state index contributed by atoms with van der Waals surface area (Å²) >= 11 is 0. The lowest BCUT2D eigenvalue weighted by atomic mass is 9.75. The van der Waals surface area contributed by atoms with E-state index in [1.165, 1.54) is 25.3 Å². The summed E-state index contributed by atoms with van der Waals surface area (Å²) in [4.78, 5) is 18.6. The largest absolute Gasteiger partial charge is 0.508 e. The number of methoxy groups -OCH3 is 1. The normalized spacial score (nSPS) is 25.3. The zero-order valence-corrected chi connectivity index (χ0v) is 31.6. The summed E-state index contributed by atoms with van der Waals surface area (Å²) in [6.45, 7) is 5.79. The second-order valence-corrected chi connectivity index (χ2v) is 15.7. The van der Waals surface area contributed by atoms with Crippen molar-refractivity contribution in [1.82, 2.24) is 19.9 Å². The average Bonchev–Trinajstić information content (AvgIpc) is 3.54. The first-order valence-corrected chi connectivity index (χ1v) is 19.7. The second kappa shape index (κ2) is 15.9. The third-order valence-corrected chi connectivity index (χ3v) is 12.3. The van der Waals surface area contributed by atoms with E-state index in [0.29, 0.717) is 41.3 Å². The lowest BCUT2D eigenvalue weighted by Crippen LogP contribution is -2.53. The number of nitrogens with zero attached hydrogens (tertiary/aromatic N) is 5. The zero-order chi connectivity index (χ0) is 38.3. The lowest BCUT2D eigenvalue weighted by molar-refractivity contribution is -0.0203. The smallest absolute Gasteiger partial charge is 0.319 e. The number of fused-ring (bicyclic) bond motifs is 3. The molecule has 4 fully saturated rings. The Morgan fingerprint density at radius 2 is 1.84 bits per heavy atom. The van der Waals surface area contributed by atoms with Crippen molar-refractivity contribution in [3.05, 3.63) is 41.5 Å². The molecule has 0 bridgehead atoms. The Balaban J connectivity index is 1.25. The number of benzene rings is 2. The van der Waals surface area contributed by atoms with Crippen LogP contribution in [0, 0.1) is 23.0 Å². The van der Waals surface area contributed by atoms with Gasteiger partial charge in [0.2, 0.25) is 5.88 Å². The van der Waals surface area contributed by atoms with Gasteiger partial charge in [0, 0.05) is 49.9 Å². The number of phenolic OH excluding ortho intramolecular Hbond substituents is 1. The van der Waals surface area contributed by atoms with E-state index in [1.807, 2.05) is 6.92 Å². The number of aromatic nitrogens is 3. The lowest BCUT2D eigenvalue weighted by Gasteiger charge is -2.47. The Kier molecular flexibility index (Phi) is 11.0. The van der Waals surface area contributed by atoms with Gasteiger partial charge in [0.05, 0.1) is 39.1 Å². The Morgan fingerprint density at radius 3 is 2.62 bits per heavy atom. The van der Waals surface area contributed by atoms with Crippen LogP contribution in [-0.2, 0) is 15.9 Å². The zero-order valence-electron chi connectivity index (χ0n) is 31.6. The van der Waals surface area contributed by atoms with Crippen molar-refractivity contribution < 1.29 is 43.0 Å². The molecule has 0 amide bonds. The molecule has 3 unspecified atom stereocenters. The number of likely N-dealkylation sites (tertiary alicyclic amines) is 1. The Bertz CT molecular complexity index is 2030. The van der Waals surface area contributed by atoms with Crippen LogP contribution in [0.3, 0.4) is 0 Å². The summed E-state index contributed by atoms with van der Waals surface area (Å²) in [6, 6.07) is 6.08. The maximum atomic E-state index is 17.4. The van der Waals surface area contributed by atoms with E-state index in [-0.39, 0.29) is 77.3 Å². The fourth-order valence-corrected chi connectivity index (χ4v) is 9.67. The van der Waals surface area contributed by atoms with Gasteiger partial charge in [-0.05, 0) is 91.9 Å². The molecule has 0 spiro atoms. The number of pyridine rings is 1. The molecule has 3 N–H and O–H groups in total. The molecular formula is C41H51F2N5O7. The molecule has 4 atom stereocenters. The van der Waals surface area contributed by atoms with Gasteiger partial charge >= 0.3 is 6.01 Å². The summed E-state index contributed by atoms with van der Waals surface area (Å²) in [5.74, 6) is -0.600. The molecule has 4 aromatic rings. The first-order valence-electron chi connectivity index (χ1n) is 19.7. The van der Waals surface area contributed by atoms with E-state index in [4.69, 9.17) is 28.9 Å². The SMILES string of the molecule is CCc1c(F)ccc2cc(O)cc(-c3nc(OC)c4c(N5CC(O)CO[C@@H](CO)C5)nc(OCC56CCCC5N(CC5CCOCC5)CCC6)nc4c3F)c12. The van der Waals surface area contributed by atoms with Gasteiger partial charge in [0.25, 0.3) is 0 Å². The van der Waals surface area contributed by atoms with Crippen LogP contribution in [0.2, 0.25) is 0 Å². The number of aliphatic hydroxyl groups is 2. The second-order valence-electron chi connectivity index (χ2n) is 15.7. The van der Waals surface area contributed by atoms with Crippen LogP contribution in [0.5, 0.6) is 17.6 Å². The number of phenols is 1. The van der Waals surface area contributed by atoms with Crippen LogP contribution < -0.4 is 14.4 Å². The Hall–Kier alpha value is -3.95. The molecule has 2 aromatic carbocycles. The Labute approximate surface area is 319 Å². The third kappa shape index (κ3) is 7.27. The van der Waals surface area contributed by atoms with Crippen LogP contribution in [0.4, 0.5) is 14.6 Å². The summed E-state index contributed by atoms with van der Waals surface area (Å²) in [5, 5.41) is 32.8. The minimum absolute atomic E-state index is 0.00280. The molecule has 3 saturated heterocycles. The molecule has 8 rings (SSSR count). The van der Waals surface area contributed by atoms with Crippen LogP contribution in [-0.4, -0.2) is 120 Å². The summed E-state index contributed by atoms with van der Waals surface area (Å²) in [6.07, 6.45) is 6.13. The predicted molar refractivity (Wildman–Crippen MR) is 203 cm³/mol. The van der Waals surface area contributed by atoms with Crippen molar-refractivity contribution in [1.29, 1.82) is 0 Å². The van der Waals surface area contributed by atoms with Gasteiger partial charge in [-0.1, -0.05) is 19.4 Å². The van der Waals surface area contributed by atoms with Gasteiger partial charge in [-0.3, -0.25) is 4.90 Å². The number of aromatic hydroxyl groups is 1. The molecule has 12 nitrogen and oxygen atoms in total. The Morgan fingerprint density at radius 1 is 1.02 bits per heavy atom. The molecule has 0 radical (unpaired) electrons. The average molecular weight is 764 g/mol. The summed E-state index contributed by atoms with van der Waals surface area (Å²) in [5.41, 5.74) is 0.108. The van der Waals surface area contributed by atoms with Crippen LogP contribution in [0.15, 0.2) is 24.3 Å². The number of aliphatic hydroxyl groups excluding tert-OH is 2. The van der Waals surface area contributed by atoms with Gasteiger partial charge < -0.3 is 39.2 Å². The van der Waals surface area contributed by atoms with Crippen molar-refractivity contribution >= 4 is 27.5 Å². The van der Waals surface area contributed by atoms with E-state index >= 15 is 8.78 Å². The molecule has 4 aliphatic rings. The predicted octanol–water partition coefficient (Wildman–Crippen LogP) is 5.40. The number of rotatable bonds is 10. The highest BCUT2D eigenvalue weighted by Gasteiger charge is 2.49. The van der Waals surface area contributed by atoms with Gasteiger partial charge in [0.15, 0.2) is 5.82 Å². The number of ether oxygens (including phenoxy) is 4. The minimum atomic E-state index is -0.933. The summed E-state index contributed by atoms with van der Waals surface area (Å²) < 4.78 is 56.4. The van der Waals surface area contributed by atoms with Crippen molar-refractivity contribution in [2.75, 3.05) is 71.2 Å². The summed E-state index contributed by atoms with van der Waals surface area (Å²) in [7, 11) is 1.40. The minimum Gasteiger partial charge on any atom is -0.508 e. The topological polar surface area (TPSA) is 143 Å². The molecule has 1 aliphatic carbocycles. The fourth-order valence-electron chi connectivity index (χ4n) is 9.67. The third-order valence-electron chi connectivity index (χ3n) is 12.3. The maximum Gasteiger partial charge on any atom is 0.319 e. The number of hydrogen-bond donors (Lipinski definition) is 3. The number of piperidine rings is 1. The number of β-amino-alcohol motifs (C(OH)–C–C–N with tert-alkyl or cyclic N) is 1. The molecule has 3 aliphatic heterocycles. The van der Waals surface area contributed by atoms with Crippen molar-refractivity contribution in [2.45, 2.75) is 76.5 Å².